The summed E-state index contributed by atoms with van der Waals surface area (Å²) in [5.74, 6) is 0.620. The average Bonchev–Trinajstić information content (AvgIpc) is 2.89. The molecule has 1 aliphatic rings. The Morgan fingerprint density at radius 3 is 2.58 bits per heavy atom. The molecule has 1 aliphatic heterocycles. The van der Waals surface area contributed by atoms with Crippen molar-refractivity contribution >= 4 is 15.8 Å². The van der Waals surface area contributed by atoms with Gasteiger partial charge in [0.25, 0.3) is 0 Å². The number of cyclic esters (lactones) is 1. The fraction of sp³-hybridized carbons (Fsp3) is 0.444. The molecule has 7 nitrogen and oxygen atoms in total. The van der Waals surface area contributed by atoms with Gasteiger partial charge in [-0.1, -0.05) is 17.3 Å². The number of rotatable bonds is 6. The number of benzene rings is 1. The van der Waals surface area contributed by atoms with Crippen LogP contribution in [0.2, 0.25) is 0 Å². The lowest BCUT2D eigenvalue weighted by atomic mass is 9.94. The monoisotopic (exact) mass is 379 g/mol. The Morgan fingerprint density at radius 1 is 1.23 bits per heavy atom. The summed E-state index contributed by atoms with van der Waals surface area (Å²) in [7, 11) is -3.05. The van der Waals surface area contributed by atoms with Gasteiger partial charge in [-0.2, -0.15) is 0 Å². The van der Waals surface area contributed by atoms with E-state index in [0.29, 0.717) is 35.6 Å². The molecule has 8 heteroatoms. The number of sulfone groups is 1. The van der Waals surface area contributed by atoms with E-state index in [-0.39, 0.29) is 12.4 Å². The topological polar surface area (TPSA) is 95.7 Å². The highest BCUT2D eigenvalue weighted by atomic mass is 32.2. The molecule has 0 saturated heterocycles. The van der Waals surface area contributed by atoms with Gasteiger partial charge in [0.05, 0.1) is 5.75 Å². The molecule has 2 aromatic rings. The van der Waals surface area contributed by atoms with Crippen molar-refractivity contribution in [2.75, 3.05) is 18.6 Å². The number of nitrogens with zero attached hydrogens (tertiary/aromatic N) is 1. The number of hydrogen-bond donors (Lipinski definition) is 0. The number of aromatic nitrogens is 1. The second-order valence-corrected chi connectivity index (χ2v) is 9.31. The number of carbonyl (C=O) groups excluding carboxylic acids is 1. The molecule has 2 heterocycles. The molecule has 140 valence electrons. The van der Waals surface area contributed by atoms with Crippen molar-refractivity contribution in [3.05, 3.63) is 46.8 Å². The normalized spacial score (nSPS) is 16.0. The maximum atomic E-state index is 12.2. The van der Waals surface area contributed by atoms with Crippen molar-refractivity contribution in [1.29, 1.82) is 0 Å². The molecule has 1 aromatic carbocycles. The van der Waals surface area contributed by atoms with Crippen LogP contribution in [0.15, 0.2) is 28.8 Å². The fourth-order valence-corrected chi connectivity index (χ4v) is 3.16. The van der Waals surface area contributed by atoms with Gasteiger partial charge in [-0.25, -0.2) is 13.2 Å². The van der Waals surface area contributed by atoms with Gasteiger partial charge in [0.1, 0.15) is 29.2 Å². The molecular formula is C18H21NO6S. The van der Waals surface area contributed by atoms with E-state index in [9.17, 15) is 13.2 Å². The molecular weight excluding hydrogens is 358 g/mol. The largest absolute Gasteiger partial charge is 0.493 e. The Hall–Kier alpha value is -2.35. The zero-order chi connectivity index (χ0) is 18.9. The Morgan fingerprint density at radius 2 is 1.92 bits per heavy atom. The lowest BCUT2D eigenvalue weighted by molar-refractivity contribution is -0.00700. The van der Waals surface area contributed by atoms with Crippen LogP contribution in [0.25, 0.3) is 0 Å². The van der Waals surface area contributed by atoms with Crippen LogP contribution in [-0.4, -0.2) is 43.8 Å². The van der Waals surface area contributed by atoms with Crippen LogP contribution < -0.4 is 4.74 Å². The summed E-state index contributed by atoms with van der Waals surface area (Å²) in [5.41, 5.74) is 1.38. The summed E-state index contributed by atoms with van der Waals surface area (Å²) in [6, 6.07) is 7.18. The van der Waals surface area contributed by atoms with Crippen LogP contribution in [-0.2, 0) is 27.4 Å². The molecule has 0 fully saturated rings. The predicted octanol–water partition coefficient (Wildman–Crippen LogP) is 2.18. The molecule has 0 radical (unpaired) electrons. The van der Waals surface area contributed by atoms with Gasteiger partial charge in [0.15, 0.2) is 15.6 Å². The molecule has 26 heavy (non-hydrogen) atoms. The molecule has 1 aromatic heterocycles. The highest BCUT2D eigenvalue weighted by Gasteiger charge is 2.37. The van der Waals surface area contributed by atoms with Gasteiger partial charge in [-0.15, -0.1) is 0 Å². The van der Waals surface area contributed by atoms with Crippen molar-refractivity contribution in [2.45, 2.75) is 32.3 Å². The third-order valence-electron chi connectivity index (χ3n) is 4.01. The Kier molecular flexibility index (Phi) is 4.79. The van der Waals surface area contributed by atoms with E-state index in [0.717, 1.165) is 5.56 Å². The van der Waals surface area contributed by atoms with Crippen molar-refractivity contribution < 1.29 is 27.2 Å². The van der Waals surface area contributed by atoms with Crippen molar-refractivity contribution in [3.8, 4) is 5.75 Å². The van der Waals surface area contributed by atoms with Gasteiger partial charge in [0.2, 0.25) is 0 Å². The summed E-state index contributed by atoms with van der Waals surface area (Å²) < 4.78 is 38.4. The van der Waals surface area contributed by atoms with Crippen LogP contribution in [0.3, 0.4) is 0 Å². The van der Waals surface area contributed by atoms with E-state index in [1.165, 1.54) is 6.26 Å². The van der Waals surface area contributed by atoms with Gasteiger partial charge in [-0.05, 0) is 31.5 Å². The molecule has 0 N–H and O–H groups in total. The molecule has 0 unspecified atom stereocenters. The van der Waals surface area contributed by atoms with Crippen molar-refractivity contribution in [1.82, 2.24) is 5.16 Å². The van der Waals surface area contributed by atoms with Crippen LogP contribution >= 0.6 is 0 Å². The van der Waals surface area contributed by atoms with E-state index in [2.05, 4.69) is 5.16 Å². The van der Waals surface area contributed by atoms with Crippen LogP contribution in [0.4, 0.5) is 0 Å². The first kappa shape index (κ1) is 18.4. The summed E-state index contributed by atoms with van der Waals surface area (Å²) >= 11 is 0. The van der Waals surface area contributed by atoms with E-state index < -0.39 is 21.4 Å². The molecule has 0 atom stereocenters. The minimum Gasteiger partial charge on any atom is -0.493 e. The molecule has 0 saturated carbocycles. The minimum atomic E-state index is -3.05. The first-order valence-electron chi connectivity index (χ1n) is 8.23. The average molecular weight is 379 g/mol. The lowest BCUT2D eigenvalue weighted by Gasteiger charge is -2.28. The van der Waals surface area contributed by atoms with Crippen LogP contribution in [0, 0.1) is 0 Å². The van der Waals surface area contributed by atoms with Crippen molar-refractivity contribution in [2.24, 2.45) is 0 Å². The second kappa shape index (κ2) is 6.75. The molecule has 0 aliphatic carbocycles. The van der Waals surface area contributed by atoms with Gasteiger partial charge >= 0.3 is 5.97 Å². The third kappa shape index (κ3) is 4.43. The highest BCUT2D eigenvalue weighted by Crippen LogP contribution is 2.30. The number of carbonyl (C=O) groups is 1. The quantitative estimate of drug-likeness (QED) is 0.710. The maximum absolute atomic E-state index is 12.2. The fourth-order valence-electron chi connectivity index (χ4n) is 2.78. The van der Waals surface area contributed by atoms with E-state index in [4.69, 9.17) is 14.0 Å². The molecule has 3 rings (SSSR count). The first-order chi connectivity index (χ1) is 12.1. The maximum Gasteiger partial charge on any atom is 0.344 e. The second-order valence-electron chi connectivity index (χ2n) is 7.05. The van der Waals surface area contributed by atoms with Crippen LogP contribution in [0.1, 0.15) is 41.2 Å². The zero-order valence-electron chi connectivity index (χ0n) is 14.9. The number of hydrogen-bond acceptors (Lipinski definition) is 7. The predicted molar refractivity (Wildman–Crippen MR) is 94.2 cm³/mol. The summed E-state index contributed by atoms with van der Waals surface area (Å²) in [6.45, 7) is 3.78. The smallest absolute Gasteiger partial charge is 0.344 e. The third-order valence-corrected chi connectivity index (χ3v) is 4.92. The van der Waals surface area contributed by atoms with Crippen molar-refractivity contribution in [3.63, 3.8) is 0 Å². The standard InChI is InChI=1S/C18H21NO6S/c1-18(2)11-14-16(17(20)24-18)15(25-19-14)10-12-4-6-13(7-5-12)23-8-9-26(3,21)22/h4-7H,8-11H2,1-3H3. The van der Waals surface area contributed by atoms with E-state index in [1.54, 1.807) is 12.1 Å². The molecule has 0 bridgehead atoms. The van der Waals surface area contributed by atoms with Gasteiger partial charge < -0.3 is 14.0 Å². The van der Waals surface area contributed by atoms with E-state index >= 15 is 0 Å². The summed E-state index contributed by atoms with van der Waals surface area (Å²) in [4.78, 5) is 12.2. The van der Waals surface area contributed by atoms with Gasteiger partial charge in [-0.3, -0.25) is 0 Å². The Labute approximate surface area is 152 Å². The molecule has 0 spiro atoms. The minimum absolute atomic E-state index is 0.0303. The Bertz CT molecular complexity index is 912. The first-order valence-corrected chi connectivity index (χ1v) is 10.3. The highest BCUT2D eigenvalue weighted by molar-refractivity contribution is 7.90. The van der Waals surface area contributed by atoms with E-state index in [1.807, 2.05) is 26.0 Å². The molecule has 0 amide bonds. The lowest BCUT2D eigenvalue weighted by Crippen LogP contribution is -2.36. The summed E-state index contributed by atoms with van der Waals surface area (Å²) in [6.07, 6.45) is 2.09. The number of esters is 1. The zero-order valence-corrected chi connectivity index (χ0v) is 15.8. The SMILES string of the molecule is CC1(C)Cc2noc(Cc3ccc(OCCS(C)(=O)=O)cc3)c2C(=O)O1. The number of ether oxygens (including phenoxy) is 2. The summed E-state index contributed by atoms with van der Waals surface area (Å²) in [5, 5.41) is 4.02. The van der Waals surface area contributed by atoms with Gasteiger partial charge in [0, 0.05) is 19.1 Å². The van der Waals surface area contributed by atoms with Crippen LogP contribution in [0.5, 0.6) is 5.75 Å². The number of fused-ring (bicyclic) bond motifs is 1. The Balaban J connectivity index is 1.67.